The fourth-order valence-corrected chi connectivity index (χ4v) is 1.97. The van der Waals surface area contributed by atoms with Gasteiger partial charge in [-0.05, 0) is 6.07 Å². The molecule has 1 aliphatic heterocycles. The number of nitrogens with zero attached hydrogens (tertiary/aromatic N) is 2. The molecule has 0 spiro atoms. The van der Waals surface area contributed by atoms with Crippen molar-refractivity contribution < 1.29 is 4.74 Å². The largest absolute Gasteiger partial charge is 0.492 e. The first kappa shape index (κ1) is 9.83. The molecule has 0 amide bonds. The number of benzene rings is 1. The highest BCUT2D eigenvalue weighted by Gasteiger charge is 2.27. The first-order chi connectivity index (χ1) is 8.24. The van der Waals surface area contributed by atoms with Crippen LogP contribution < -0.4 is 16.2 Å². The van der Waals surface area contributed by atoms with E-state index in [1.807, 2.05) is 24.3 Å². The quantitative estimate of drug-likeness (QED) is 0.733. The van der Waals surface area contributed by atoms with E-state index in [1.54, 1.807) is 0 Å². The number of rotatable bonds is 1. The van der Waals surface area contributed by atoms with Gasteiger partial charge in [0.2, 0.25) is 5.95 Å². The first-order valence-electron chi connectivity index (χ1n) is 5.19. The lowest BCUT2D eigenvalue weighted by Crippen LogP contribution is -2.20. The summed E-state index contributed by atoms with van der Waals surface area (Å²) in [6, 6.07) is 7.66. The fraction of sp³-hybridized carbons (Fsp3) is 0.182. The van der Waals surface area contributed by atoms with Gasteiger partial charge in [-0.3, -0.25) is 4.98 Å². The van der Waals surface area contributed by atoms with Crippen molar-refractivity contribution in [1.82, 2.24) is 15.0 Å². The molecule has 2 heterocycles. The minimum atomic E-state index is -0.489. The highest BCUT2D eigenvalue weighted by Crippen LogP contribution is 2.35. The fourth-order valence-electron chi connectivity index (χ4n) is 1.97. The Labute approximate surface area is 96.5 Å². The zero-order valence-electron chi connectivity index (χ0n) is 8.88. The van der Waals surface area contributed by atoms with E-state index >= 15 is 0 Å². The molecule has 0 bridgehead atoms. The molecule has 1 unspecified atom stereocenters. The van der Waals surface area contributed by atoms with Gasteiger partial charge in [-0.2, -0.15) is 9.97 Å². The van der Waals surface area contributed by atoms with Gasteiger partial charge in [0.15, 0.2) is 0 Å². The molecule has 17 heavy (non-hydrogen) atoms. The molecule has 6 nitrogen and oxygen atoms in total. The van der Waals surface area contributed by atoms with Gasteiger partial charge in [-0.1, -0.05) is 18.2 Å². The summed E-state index contributed by atoms with van der Waals surface area (Å²) in [6.45, 7) is 0.450. The number of H-pyrrole nitrogens is 1. The molecule has 3 N–H and O–H groups in total. The summed E-state index contributed by atoms with van der Waals surface area (Å²) >= 11 is 0. The molecule has 1 atom stereocenters. The van der Waals surface area contributed by atoms with Gasteiger partial charge in [0, 0.05) is 5.56 Å². The third kappa shape index (κ3) is 1.63. The maximum absolute atomic E-state index is 11.3. The molecule has 0 saturated carbocycles. The van der Waals surface area contributed by atoms with E-state index in [4.69, 9.17) is 10.5 Å². The zero-order chi connectivity index (χ0) is 11.8. The number of hydrogen-bond acceptors (Lipinski definition) is 5. The second-order valence-electron chi connectivity index (χ2n) is 3.80. The van der Waals surface area contributed by atoms with Crippen LogP contribution in [0.25, 0.3) is 0 Å². The molecule has 3 rings (SSSR count). The van der Waals surface area contributed by atoms with Crippen LogP contribution in [0.5, 0.6) is 5.75 Å². The SMILES string of the molecule is Nc1nc(C2COc3ccccc32)[nH]c(=O)n1. The Morgan fingerprint density at radius 1 is 1.35 bits per heavy atom. The Morgan fingerprint density at radius 3 is 3.00 bits per heavy atom. The lowest BCUT2D eigenvalue weighted by Gasteiger charge is -2.07. The number of aromatic nitrogens is 3. The number of fused-ring (bicyclic) bond motifs is 1. The summed E-state index contributed by atoms with van der Waals surface area (Å²) in [7, 11) is 0. The average molecular weight is 230 g/mol. The number of hydrogen-bond donors (Lipinski definition) is 2. The van der Waals surface area contributed by atoms with Crippen LogP contribution in [0.4, 0.5) is 5.95 Å². The van der Waals surface area contributed by atoms with Gasteiger partial charge in [0.05, 0.1) is 5.92 Å². The van der Waals surface area contributed by atoms with Gasteiger partial charge < -0.3 is 10.5 Å². The van der Waals surface area contributed by atoms with Crippen LogP contribution in [0.3, 0.4) is 0 Å². The molecule has 1 aromatic heterocycles. The van der Waals surface area contributed by atoms with E-state index in [1.165, 1.54) is 0 Å². The Balaban J connectivity index is 2.10. The Morgan fingerprint density at radius 2 is 2.18 bits per heavy atom. The van der Waals surface area contributed by atoms with Gasteiger partial charge in [0.25, 0.3) is 0 Å². The molecule has 86 valence electrons. The van der Waals surface area contributed by atoms with Crippen LogP contribution in [0, 0.1) is 0 Å². The van der Waals surface area contributed by atoms with Crippen LogP contribution in [-0.4, -0.2) is 21.6 Å². The Bertz CT molecular complexity index is 623. The Kier molecular flexibility index (Phi) is 2.07. The van der Waals surface area contributed by atoms with E-state index in [0.29, 0.717) is 12.4 Å². The lowest BCUT2D eigenvalue weighted by molar-refractivity contribution is 0.339. The van der Waals surface area contributed by atoms with Crippen molar-refractivity contribution >= 4 is 5.95 Å². The van der Waals surface area contributed by atoms with Crippen molar-refractivity contribution in [2.24, 2.45) is 0 Å². The number of aromatic amines is 1. The van der Waals surface area contributed by atoms with Crippen molar-refractivity contribution in [1.29, 1.82) is 0 Å². The monoisotopic (exact) mass is 230 g/mol. The second kappa shape index (κ2) is 3.58. The standard InChI is InChI=1S/C11H10N4O2/c12-10-13-9(14-11(16)15-10)7-5-17-8-4-2-1-3-6(7)8/h1-4,7H,5H2,(H3,12,13,14,15,16). The van der Waals surface area contributed by atoms with Crippen molar-refractivity contribution in [3.63, 3.8) is 0 Å². The normalized spacial score (nSPS) is 17.5. The molecule has 1 aliphatic rings. The van der Waals surface area contributed by atoms with Crippen LogP contribution in [-0.2, 0) is 0 Å². The summed E-state index contributed by atoms with van der Waals surface area (Å²) in [5, 5.41) is 0. The number of ether oxygens (including phenoxy) is 1. The highest BCUT2D eigenvalue weighted by atomic mass is 16.5. The lowest BCUT2D eigenvalue weighted by atomic mass is 10.0. The van der Waals surface area contributed by atoms with Crippen molar-refractivity contribution in [2.75, 3.05) is 12.3 Å². The number of nitrogens with two attached hydrogens (primary N) is 1. The molecule has 0 fully saturated rings. The number of nitrogens with one attached hydrogen (secondary N) is 1. The van der Waals surface area contributed by atoms with Crippen molar-refractivity contribution in [3.8, 4) is 5.75 Å². The molecule has 1 aromatic carbocycles. The summed E-state index contributed by atoms with van der Waals surface area (Å²) < 4.78 is 5.52. The third-order valence-electron chi connectivity index (χ3n) is 2.72. The maximum Gasteiger partial charge on any atom is 0.349 e. The smallest absolute Gasteiger partial charge is 0.349 e. The van der Waals surface area contributed by atoms with Crippen LogP contribution in [0.2, 0.25) is 0 Å². The molecule has 2 aromatic rings. The van der Waals surface area contributed by atoms with Gasteiger partial charge in [0.1, 0.15) is 18.2 Å². The minimum Gasteiger partial charge on any atom is -0.492 e. The molecule has 6 heteroatoms. The van der Waals surface area contributed by atoms with Crippen molar-refractivity contribution in [3.05, 3.63) is 46.1 Å². The van der Waals surface area contributed by atoms with Crippen LogP contribution >= 0.6 is 0 Å². The second-order valence-corrected chi connectivity index (χ2v) is 3.80. The molecular weight excluding hydrogens is 220 g/mol. The molecule has 0 radical (unpaired) electrons. The predicted octanol–water partition coefficient (Wildman–Crippen LogP) is 0.271. The van der Waals surface area contributed by atoms with Gasteiger partial charge >= 0.3 is 5.69 Å². The summed E-state index contributed by atoms with van der Waals surface area (Å²) in [5.74, 6) is 1.19. The first-order valence-corrected chi connectivity index (χ1v) is 5.19. The summed E-state index contributed by atoms with van der Waals surface area (Å²) in [6.07, 6.45) is 0. The van der Waals surface area contributed by atoms with Crippen molar-refractivity contribution in [2.45, 2.75) is 5.92 Å². The van der Waals surface area contributed by atoms with E-state index < -0.39 is 5.69 Å². The molecule has 0 saturated heterocycles. The topological polar surface area (TPSA) is 93.9 Å². The van der Waals surface area contributed by atoms with Crippen LogP contribution in [0.15, 0.2) is 29.1 Å². The number of nitrogen functional groups attached to an aromatic ring is 1. The van der Waals surface area contributed by atoms with Gasteiger partial charge in [-0.15, -0.1) is 0 Å². The zero-order valence-corrected chi connectivity index (χ0v) is 8.88. The minimum absolute atomic E-state index is 0.0202. The average Bonchev–Trinajstić information content (AvgIpc) is 2.71. The van der Waals surface area contributed by atoms with Crippen LogP contribution in [0.1, 0.15) is 17.3 Å². The maximum atomic E-state index is 11.3. The number of para-hydroxylation sites is 1. The van der Waals surface area contributed by atoms with E-state index in [9.17, 15) is 4.79 Å². The highest BCUT2D eigenvalue weighted by molar-refractivity contribution is 5.42. The van der Waals surface area contributed by atoms with E-state index in [2.05, 4.69) is 15.0 Å². The van der Waals surface area contributed by atoms with E-state index in [-0.39, 0.29) is 11.9 Å². The third-order valence-corrected chi connectivity index (χ3v) is 2.72. The Hall–Kier alpha value is -2.37. The molecule has 0 aliphatic carbocycles. The predicted molar refractivity (Wildman–Crippen MR) is 60.8 cm³/mol. The number of anilines is 1. The van der Waals surface area contributed by atoms with Gasteiger partial charge in [-0.25, -0.2) is 4.79 Å². The molecular formula is C11H10N4O2. The summed E-state index contributed by atoms with van der Waals surface area (Å²) in [5.41, 5.74) is 5.98. The van der Waals surface area contributed by atoms with E-state index in [0.717, 1.165) is 11.3 Å². The summed E-state index contributed by atoms with van der Waals surface area (Å²) in [4.78, 5) is 21.4.